The fourth-order valence-corrected chi connectivity index (χ4v) is 3.51. The van der Waals surface area contributed by atoms with Gasteiger partial charge in [-0.3, -0.25) is 4.79 Å². The van der Waals surface area contributed by atoms with Crippen molar-refractivity contribution in [3.05, 3.63) is 49.6 Å². The Balaban J connectivity index is 1.92. The summed E-state index contributed by atoms with van der Waals surface area (Å²) in [5.41, 5.74) is 0.398. The second kappa shape index (κ2) is 8.50. The van der Waals surface area contributed by atoms with Crippen molar-refractivity contribution < 1.29 is 19.1 Å². The summed E-state index contributed by atoms with van der Waals surface area (Å²) in [6, 6.07) is 8.47. The van der Waals surface area contributed by atoms with Gasteiger partial charge in [0.15, 0.2) is 6.61 Å². The van der Waals surface area contributed by atoms with Gasteiger partial charge in [0.2, 0.25) is 0 Å². The maximum absolute atomic E-state index is 12.1. The van der Waals surface area contributed by atoms with Crippen LogP contribution in [-0.4, -0.2) is 37.5 Å². The topological polar surface area (TPSA) is 55.8 Å². The molecule has 1 aromatic carbocycles. The lowest BCUT2D eigenvalue weighted by atomic mass is 10.2. The van der Waals surface area contributed by atoms with Gasteiger partial charge in [0, 0.05) is 11.9 Å². The van der Waals surface area contributed by atoms with Crippen LogP contribution in [-0.2, 0) is 16.1 Å². The number of benzene rings is 1. The average Bonchev–Trinajstić information content (AvgIpc) is 2.97. The smallest absolute Gasteiger partial charge is 0.337 e. The Labute approximate surface area is 157 Å². The van der Waals surface area contributed by atoms with Crippen LogP contribution in [0.25, 0.3) is 0 Å². The van der Waals surface area contributed by atoms with Crippen molar-refractivity contribution in [3.8, 4) is 5.75 Å². The van der Waals surface area contributed by atoms with Crippen LogP contribution in [0.5, 0.6) is 5.75 Å². The zero-order valence-corrected chi connectivity index (χ0v) is 16.2. The highest BCUT2D eigenvalue weighted by Crippen LogP contribution is 2.26. The molecule has 0 atom stereocenters. The number of esters is 1. The van der Waals surface area contributed by atoms with Crippen molar-refractivity contribution in [3.63, 3.8) is 0 Å². The molecule has 24 heavy (non-hydrogen) atoms. The third-order valence-corrected chi connectivity index (χ3v) is 4.99. The number of methoxy groups -OCH3 is 1. The average molecular weight is 433 g/mol. The zero-order chi connectivity index (χ0) is 17.7. The van der Waals surface area contributed by atoms with Gasteiger partial charge in [0.05, 0.1) is 28.0 Å². The van der Waals surface area contributed by atoms with Crippen molar-refractivity contribution in [1.82, 2.24) is 4.90 Å². The van der Waals surface area contributed by atoms with Crippen LogP contribution < -0.4 is 4.74 Å². The quantitative estimate of drug-likeness (QED) is 0.648. The predicted molar refractivity (Wildman–Crippen MR) is 96.8 cm³/mol. The van der Waals surface area contributed by atoms with Gasteiger partial charge in [-0.2, -0.15) is 0 Å². The van der Waals surface area contributed by atoms with E-state index in [1.54, 1.807) is 36.2 Å². The third-order valence-electron chi connectivity index (χ3n) is 3.15. The van der Waals surface area contributed by atoms with E-state index in [1.807, 2.05) is 6.07 Å². The molecule has 0 spiro atoms. The summed E-state index contributed by atoms with van der Waals surface area (Å²) in [6.07, 6.45) is 0. The first kappa shape index (κ1) is 18.8. The molecule has 1 heterocycles. The molecule has 8 heteroatoms. The van der Waals surface area contributed by atoms with Gasteiger partial charge in [-0.25, -0.2) is 4.79 Å². The maximum atomic E-state index is 12.1. The number of likely N-dealkylation sites (N-methyl/N-ethyl adjacent to an activating group) is 1. The van der Waals surface area contributed by atoms with Crippen LogP contribution in [0.4, 0.5) is 0 Å². The summed E-state index contributed by atoms with van der Waals surface area (Å²) in [5.74, 6) is -0.125. The Morgan fingerprint density at radius 3 is 2.62 bits per heavy atom. The summed E-state index contributed by atoms with van der Waals surface area (Å²) < 4.78 is 11.4. The number of hydrogen-bond donors (Lipinski definition) is 0. The lowest BCUT2D eigenvalue weighted by Crippen LogP contribution is -2.30. The molecule has 0 radical (unpaired) electrons. The first-order valence-electron chi connectivity index (χ1n) is 6.89. The summed E-state index contributed by atoms with van der Waals surface area (Å²) >= 11 is 10.6. The van der Waals surface area contributed by atoms with E-state index in [-0.39, 0.29) is 12.5 Å². The van der Waals surface area contributed by atoms with Gasteiger partial charge in [0.25, 0.3) is 5.91 Å². The van der Waals surface area contributed by atoms with E-state index < -0.39 is 5.97 Å². The molecule has 1 amide bonds. The number of carbonyl (C=O) groups excluding carboxylic acids is 2. The highest BCUT2D eigenvalue weighted by molar-refractivity contribution is 9.10. The Kier molecular flexibility index (Phi) is 6.65. The van der Waals surface area contributed by atoms with E-state index in [0.29, 0.717) is 26.7 Å². The lowest BCUT2D eigenvalue weighted by Gasteiger charge is -2.17. The van der Waals surface area contributed by atoms with Crippen molar-refractivity contribution in [2.75, 3.05) is 20.8 Å². The Hall–Kier alpha value is -1.57. The molecule has 5 nitrogen and oxygen atoms in total. The molecule has 0 unspecified atom stereocenters. The summed E-state index contributed by atoms with van der Waals surface area (Å²) in [6.45, 7) is 0.369. The van der Waals surface area contributed by atoms with Crippen molar-refractivity contribution >= 4 is 50.7 Å². The molecule has 0 saturated carbocycles. The lowest BCUT2D eigenvalue weighted by molar-refractivity contribution is -0.132. The van der Waals surface area contributed by atoms with Gasteiger partial charge < -0.3 is 14.4 Å². The van der Waals surface area contributed by atoms with E-state index in [4.69, 9.17) is 16.3 Å². The van der Waals surface area contributed by atoms with Gasteiger partial charge >= 0.3 is 5.97 Å². The molecular weight excluding hydrogens is 418 g/mol. The summed E-state index contributed by atoms with van der Waals surface area (Å²) in [4.78, 5) is 26.2. The maximum Gasteiger partial charge on any atom is 0.337 e. The van der Waals surface area contributed by atoms with E-state index in [2.05, 4.69) is 20.7 Å². The molecule has 2 rings (SSSR count). The molecule has 0 aliphatic carbocycles. The number of ether oxygens (including phenoxy) is 2. The Morgan fingerprint density at radius 2 is 2.04 bits per heavy atom. The molecule has 0 bridgehead atoms. The number of halogens is 2. The molecule has 1 aromatic heterocycles. The number of amides is 1. The minimum atomic E-state index is -0.437. The number of carbonyl (C=O) groups is 2. The fraction of sp³-hybridized carbons (Fsp3) is 0.250. The normalized spacial score (nSPS) is 10.3. The van der Waals surface area contributed by atoms with Crippen LogP contribution in [0, 0.1) is 0 Å². The van der Waals surface area contributed by atoms with Crippen LogP contribution in [0.1, 0.15) is 15.2 Å². The van der Waals surface area contributed by atoms with Crippen molar-refractivity contribution in [1.29, 1.82) is 0 Å². The van der Waals surface area contributed by atoms with Gasteiger partial charge in [-0.15, -0.1) is 11.3 Å². The molecular formula is C16H15BrClNO4S. The predicted octanol–water partition coefficient (Wildman–Crippen LogP) is 3.99. The molecule has 128 valence electrons. The minimum Gasteiger partial charge on any atom is -0.483 e. The molecule has 0 saturated heterocycles. The van der Waals surface area contributed by atoms with Gasteiger partial charge in [-0.05, 0) is 46.3 Å². The van der Waals surface area contributed by atoms with E-state index in [9.17, 15) is 9.59 Å². The van der Waals surface area contributed by atoms with E-state index in [0.717, 1.165) is 4.88 Å². The first-order chi connectivity index (χ1) is 11.4. The van der Waals surface area contributed by atoms with Crippen LogP contribution in [0.2, 0.25) is 4.34 Å². The standard InChI is InChI=1S/C16H15BrClNO4S/c1-19(8-11-4-6-14(18)24-11)15(20)9-23-13-5-3-10(7-12(13)17)16(21)22-2/h3-7H,8-9H2,1-2H3. The SMILES string of the molecule is COC(=O)c1ccc(OCC(=O)N(C)Cc2ccc(Cl)s2)c(Br)c1. The monoisotopic (exact) mass is 431 g/mol. The highest BCUT2D eigenvalue weighted by atomic mass is 79.9. The van der Waals surface area contributed by atoms with Crippen molar-refractivity contribution in [2.45, 2.75) is 6.54 Å². The Bertz CT molecular complexity index is 749. The molecule has 0 aliphatic heterocycles. The summed E-state index contributed by atoms with van der Waals surface area (Å²) in [5, 5.41) is 0. The highest BCUT2D eigenvalue weighted by Gasteiger charge is 2.14. The van der Waals surface area contributed by atoms with Gasteiger partial charge in [-0.1, -0.05) is 11.6 Å². The molecule has 2 aromatic rings. The second-order valence-electron chi connectivity index (χ2n) is 4.88. The molecule has 0 aliphatic rings. The zero-order valence-electron chi connectivity index (χ0n) is 13.0. The molecule has 0 fully saturated rings. The van der Waals surface area contributed by atoms with E-state index >= 15 is 0 Å². The number of nitrogens with zero attached hydrogens (tertiary/aromatic N) is 1. The number of rotatable bonds is 6. The summed E-state index contributed by atoms with van der Waals surface area (Å²) in [7, 11) is 3.02. The molecule has 0 N–H and O–H groups in total. The number of hydrogen-bond acceptors (Lipinski definition) is 5. The van der Waals surface area contributed by atoms with Crippen LogP contribution in [0.15, 0.2) is 34.8 Å². The first-order valence-corrected chi connectivity index (χ1v) is 8.88. The largest absolute Gasteiger partial charge is 0.483 e. The number of thiophene rings is 1. The van der Waals surface area contributed by atoms with Crippen molar-refractivity contribution in [2.24, 2.45) is 0 Å². The van der Waals surface area contributed by atoms with Gasteiger partial charge in [0.1, 0.15) is 5.75 Å². The fourth-order valence-electron chi connectivity index (χ4n) is 1.87. The van der Waals surface area contributed by atoms with Crippen LogP contribution in [0.3, 0.4) is 0 Å². The third kappa shape index (κ3) is 4.96. The van der Waals surface area contributed by atoms with E-state index in [1.165, 1.54) is 18.4 Å². The minimum absolute atomic E-state index is 0.105. The van der Waals surface area contributed by atoms with Crippen LogP contribution >= 0.6 is 38.9 Å². The second-order valence-corrected chi connectivity index (χ2v) is 7.54. The Morgan fingerprint density at radius 1 is 1.29 bits per heavy atom.